The monoisotopic (exact) mass is 253 g/mol. The Morgan fingerprint density at radius 2 is 2.21 bits per heavy atom. The molecule has 0 unspecified atom stereocenters. The Kier molecular flexibility index (Phi) is 1.28. The zero-order chi connectivity index (χ0) is 15.1. The van der Waals surface area contributed by atoms with Gasteiger partial charge >= 0.3 is 0 Å². The molecule has 0 saturated heterocycles. The molecular weight excluding hydrogens is 238 g/mol. The second-order valence-corrected chi connectivity index (χ2v) is 3.54. The molecule has 1 aromatic carbocycles. The van der Waals surface area contributed by atoms with E-state index in [0.717, 1.165) is 0 Å². The Morgan fingerprint density at radius 3 is 3.00 bits per heavy atom. The summed E-state index contributed by atoms with van der Waals surface area (Å²) in [6, 6.07) is 6.56. The first kappa shape index (κ1) is 4.58. The highest BCUT2D eigenvalue weighted by Crippen LogP contribution is 2.27. The van der Waals surface area contributed by atoms with Crippen LogP contribution in [0.4, 0.5) is 0 Å². The second-order valence-electron chi connectivity index (χ2n) is 2.69. The summed E-state index contributed by atoms with van der Waals surface area (Å²) < 4.78 is 46.4. The van der Waals surface area contributed by atoms with E-state index in [9.17, 15) is 0 Å². The van der Waals surface area contributed by atoms with Crippen LogP contribution >= 0.6 is 15.9 Å². The molecule has 1 heterocycles. The maximum absolute atomic E-state index is 8.06. The van der Waals surface area contributed by atoms with Crippen LogP contribution in [0.5, 0.6) is 0 Å². The summed E-state index contributed by atoms with van der Waals surface area (Å²) in [7, 11) is 0. The summed E-state index contributed by atoms with van der Waals surface area (Å²) in [6.45, 7) is -2.61. The number of hydrogen-bond donors (Lipinski definition) is 0. The van der Waals surface area contributed by atoms with Gasteiger partial charge in [0.25, 0.3) is 0 Å². The van der Waals surface area contributed by atoms with Gasteiger partial charge in [-0.2, -0.15) is 0 Å². The molecule has 0 spiro atoms. The van der Waals surface area contributed by atoms with Crippen LogP contribution in [0, 0.1) is 6.85 Å². The van der Waals surface area contributed by atoms with E-state index >= 15 is 0 Å². The van der Waals surface area contributed by atoms with E-state index in [1.54, 1.807) is 24.3 Å². The topological polar surface area (TPSA) is 12.9 Å². The Balaban J connectivity index is 2.82. The van der Waals surface area contributed by atoms with Gasteiger partial charge in [0.15, 0.2) is 0 Å². The van der Waals surface area contributed by atoms with Gasteiger partial charge in [-0.25, -0.2) is 0 Å². The van der Waals surface area contributed by atoms with Crippen molar-refractivity contribution >= 4 is 15.9 Å². The lowest BCUT2D eigenvalue weighted by molar-refractivity contribution is 1.27. The fraction of sp³-hybridized carbons (Fsp3) is 0.0833. The van der Waals surface area contributed by atoms with Crippen LogP contribution < -0.4 is 0 Å². The zero-order valence-electron chi connectivity index (χ0n) is 13.1. The van der Waals surface area contributed by atoms with Crippen LogP contribution in [0.15, 0.2) is 47.1 Å². The van der Waals surface area contributed by atoms with Crippen molar-refractivity contribution in [3.8, 4) is 11.1 Å². The molecule has 0 radical (unpaired) electrons. The van der Waals surface area contributed by atoms with Crippen molar-refractivity contribution in [1.82, 2.24) is 4.98 Å². The minimum Gasteiger partial charge on any atom is -0.264 e. The van der Waals surface area contributed by atoms with E-state index in [4.69, 9.17) is 8.22 Å². The maximum Gasteiger partial charge on any atom is 0.0847 e. The van der Waals surface area contributed by atoms with Gasteiger partial charge < -0.3 is 0 Å². The number of hydrogen-bond acceptors (Lipinski definition) is 1. The molecule has 70 valence electrons. The smallest absolute Gasteiger partial charge is 0.0847 e. The minimum atomic E-state index is -2.61. The lowest BCUT2D eigenvalue weighted by Crippen LogP contribution is -1.83. The molecule has 1 nitrogen and oxygen atoms in total. The molecular formula is C12H10BrN. The molecule has 0 atom stereocenters. The average molecular weight is 254 g/mol. The van der Waals surface area contributed by atoms with Gasteiger partial charge in [0, 0.05) is 26.5 Å². The maximum atomic E-state index is 8.06. The fourth-order valence-corrected chi connectivity index (χ4v) is 1.60. The van der Waals surface area contributed by atoms with Gasteiger partial charge in [-0.05, 0) is 30.1 Å². The van der Waals surface area contributed by atoms with Crippen LogP contribution in [0.25, 0.3) is 11.1 Å². The summed E-state index contributed by atoms with van der Waals surface area (Å²) in [5.74, 6) is 0. The fourth-order valence-electron chi connectivity index (χ4n) is 1.11. The molecule has 2 rings (SSSR count). The van der Waals surface area contributed by atoms with Crippen molar-refractivity contribution in [1.29, 1.82) is 0 Å². The number of aromatic nitrogens is 1. The van der Waals surface area contributed by atoms with Gasteiger partial charge in [0.05, 0.1) is 4.11 Å². The Bertz CT molecular complexity index is 668. The van der Waals surface area contributed by atoms with Crippen LogP contribution in [0.2, 0.25) is 0 Å². The van der Waals surface area contributed by atoms with Gasteiger partial charge in [0.1, 0.15) is 0 Å². The first-order valence-electron chi connectivity index (χ1n) is 6.96. The normalized spacial score (nSPS) is 17.2. The molecule has 0 saturated carbocycles. The molecule has 0 fully saturated rings. The van der Waals surface area contributed by atoms with E-state index in [1.807, 2.05) is 0 Å². The van der Waals surface area contributed by atoms with Crippen LogP contribution in [-0.2, 0) is 0 Å². The lowest BCUT2D eigenvalue weighted by atomic mass is 10.1. The predicted octanol–water partition coefficient (Wildman–Crippen LogP) is 3.82. The summed E-state index contributed by atoms with van der Waals surface area (Å²) in [4.78, 5) is 3.65. The van der Waals surface area contributed by atoms with Crippen LogP contribution in [-0.4, -0.2) is 4.98 Å². The summed E-state index contributed by atoms with van der Waals surface area (Å²) in [5.41, 5.74) is 0.194. The third kappa shape index (κ3) is 1.85. The lowest BCUT2D eigenvalue weighted by Gasteiger charge is -2.04. The first-order chi connectivity index (χ1) is 9.23. The number of rotatable bonds is 1. The van der Waals surface area contributed by atoms with E-state index in [1.165, 1.54) is 0 Å². The zero-order valence-corrected chi connectivity index (χ0v) is 8.72. The third-order valence-electron chi connectivity index (χ3n) is 1.73. The number of nitrogens with zero attached hydrogens (tertiary/aromatic N) is 1. The summed E-state index contributed by atoms with van der Waals surface area (Å²) >= 11 is 3.31. The highest BCUT2D eigenvalue weighted by Gasteiger charge is 2.01. The standard InChI is InChI=1S/C12H10BrN/c1-9-6-10(8-14-7-9)11-4-2-3-5-12(11)13/h2-8H,1H3/i1D3,6D,7D,8D. The third-order valence-corrected chi connectivity index (χ3v) is 2.42. The van der Waals surface area contributed by atoms with Gasteiger partial charge in [0.2, 0.25) is 0 Å². The molecule has 2 heteroatoms. The van der Waals surface area contributed by atoms with Crippen molar-refractivity contribution < 1.29 is 8.22 Å². The van der Waals surface area contributed by atoms with E-state index in [-0.39, 0.29) is 17.8 Å². The molecule has 2 aromatic rings. The second kappa shape index (κ2) is 3.93. The van der Waals surface area contributed by atoms with Gasteiger partial charge in [-0.15, -0.1) is 0 Å². The number of benzene rings is 1. The Labute approximate surface area is 100 Å². The SMILES string of the molecule is [2H]c1nc([2H])c(C([2H])([2H])[2H])c([2H])c1-c1ccccc1Br. The first-order valence-corrected chi connectivity index (χ1v) is 4.76. The molecule has 0 aliphatic heterocycles. The highest BCUT2D eigenvalue weighted by atomic mass is 79.9. The van der Waals surface area contributed by atoms with Crippen molar-refractivity contribution in [3.63, 3.8) is 0 Å². The van der Waals surface area contributed by atoms with E-state index < -0.39 is 18.6 Å². The molecule has 0 bridgehead atoms. The molecule has 1 aromatic heterocycles. The molecule has 0 aliphatic rings. The Morgan fingerprint density at radius 1 is 1.36 bits per heavy atom. The van der Waals surface area contributed by atoms with Crippen molar-refractivity contribution in [2.24, 2.45) is 0 Å². The highest BCUT2D eigenvalue weighted by molar-refractivity contribution is 9.10. The Hall–Kier alpha value is -1.15. The van der Waals surface area contributed by atoms with Crippen molar-refractivity contribution in [2.45, 2.75) is 6.85 Å². The number of pyridine rings is 1. The summed E-state index contributed by atoms with van der Waals surface area (Å²) in [6.07, 6.45) is -0.823. The predicted molar refractivity (Wildman–Crippen MR) is 62.1 cm³/mol. The quantitative estimate of drug-likeness (QED) is 0.753. The van der Waals surface area contributed by atoms with Crippen molar-refractivity contribution in [2.75, 3.05) is 0 Å². The van der Waals surface area contributed by atoms with E-state index in [0.29, 0.717) is 10.0 Å². The van der Waals surface area contributed by atoms with E-state index in [2.05, 4.69) is 20.9 Å². The molecule has 0 N–H and O–H groups in total. The average Bonchev–Trinajstić information content (AvgIpc) is 2.28. The van der Waals surface area contributed by atoms with Gasteiger partial charge in [-0.3, -0.25) is 4.98 Å². The largest absolute Gasteiger partial charge is 0.264 e. The van der Waals surface area contributed by atoms with Crippen LogP contribution in [0.1, 0.15) is 13.8 Å². The molecule has 0 aliphatic carbocycles. The van der Waals surface area contributed by atoms with Crippen molar-refractivity contribution in [3.05, 3.63) is 52.7 Å². The summed E-state index contributed by atoms with van der Waals surface area (Å²) in [5, 5.41) is 0. The number of halogens is 1. The van der Waals surface area contributed by atoms with Gasteiger partial charge in [-0.1, -0.05) is 34.1 Å². The van der Waals surface area contributed by atoms with Crippen LogP contribution in [0.3, 0.4) is 0 Å². The minimum absolute atomic E-state index is 0.111. The molecule has 14 heavy (non-hydrogen) atoms. The molecule has 0 amide bonds.